The lowest BCUT2D eigenvalue weighted by molar-refractivity contribution is -0.133. The van der Waals surface area contributed by atoms with Crippen molar-refractivity contribution in [1.82, 2.24) is 9.62 Å². The zero-order valence-electron chi connectivity index (χ0n) is 19.0. The average molecular weight is 475 g/mol. The van der Waals surface area contributed by atoms with Crippen molar-refractivity contribution in [2.75, 3.05) is 26.8 Å². The number of carbonyl (C=O) groups excluding carboxylic acids is 2. The largest absolute Gasteiger partial charge is 0.452 e. The molecular formula is C24H30N2O6S. The van der Waals surface area contributed by atoms with Gasteiger partial charge in [0.15, 0.2) is 6.61 Å². The fourth-order valence-corrected chi connectivity index (χ4v) is 4.49. The smallest absolute Gasteiger partial charge is 0.338 e. The fourth-order valence-electron chi connectivity index (χ4n) is 3.42. The van der Waals surface area contributed by atoms with Gasteiger partial charge in [-0.05, 0) is 54.7 Å². The maximum Gasteiger partial charge on any atom is 0.338 e. The Hall–Kier alpha value is -2.75. The Morgan fingerprint density at radius 1 is 1.09 bits per heavy atom. The van der Waals surface area contributed by atoms with Crippen molar-refractivity contribution in [1.29, 1.82) is 0 Å². The van der Waals surface area contributed by atoms with Crippen molar-refractivity contribution in [2.45, 2.75) is 43.7 Å². The molecule has 1 amide bonds. The molecule has 9 heteroatoms. The molecule has 1 atom stereocenters. The van der Waals surface area contributed by atoms with Crippen molar-refractivity contribution in [2.24, 2.45) is 0 Å². The first kappa shape index (κ1) is 24.9. The number of likely N-dealkylation sites (N-methyl/N-ethyl adjacent to an activating group) is 1. The molecule has 33 heavy (non-hydrogen) atoms. The Balaban J connectivity index is 1.48. The number of hydrogen-bond acceptors (Lipinski definition) is 6. The van der Waals surface area contributed by atoms with E-state index in [-0.39, 0.29) is 29.0 Å². The van der Waals surface area contributed by atoms with Gasteiger partial charge in [0.1, 0.15) is 0 Å². The summed E-state index contributed by atoms with van der Waals surface area (Å²) in [6.07, 6.45) is 2.59. The van der Waals surface area contributed by atoms with Crippen LogP contribution in [0.15, 0.2) is 53.4 Å². The fraction of sp³-hybridized carbons (Fsp3) is 0.417. The number of hydrogen-bond donors (Lipinski definition) is 1. The first-order valence-electron chi connectivity index (χ1n) is 11.0. The highest BCUT2D eigenvalue weighted by molar-refractivity contribution is 7.89. The van der Waals surface area contributed by atoms with Crippen LogP contribution < -0.4 is 4.72 Å². The molecule has 0 saturated carbocycles. The molecule has 0 aromatic heterocycles. The summed E-state index contributed by atoms with van der Waals surface area (Å²) in [5, 5.41) is 0. The Morgan fingerprint density at radius 2 is 1.76 bits per heavy atom. The van der Waals surface area contributed by atoms with Crippen molar-refractivity contribution >= 4 is 21.9 Å². The molecule has 178 valence electrons. The lowest BCUT2D eigenvalue weighted by Crippen LogP contribution is -2.32. The Bertz CT molecular complexity index is 1050. The highest BCUT2D eigenvalue weighted by Gasteiger charge is 2.21. The molecule has 1 unspecified atom stereocenters. The van der Waals surface area contributed by atoms with Gasteiger partial charge >= 0.3 is 5.97 Å². The van der Waals surface area contributed by atoms with E-state index >= 15 is 0 Å². The number of aryl methyl sites for hydroxylation is 1. The molecule has 0 bridgehead atoms. The highest BCUT2D eigenvalue weighted by atomic mass is 32.2. The SMILES string of the molecule is CCc1ccc(CN(C)C(=O)COC(=O)c2ccc(S(=O)(=O)NCC3CCCO3)cc2)cc1. The van der Waals surface area contributed by atoms with Gasteiger partial charge in [-0.3, -0.25) is 4.79 Å². The number of ether oxygens (including phenoxy) is 2. The Labute approximate surface area is 194 Å². The van der Waals surface area contributed by atoms with Crippen LogP contribution in [0.3, 0.4) is 0 Å². The number of nitrogens with zero attached hydrogens (tertiary/aromatic N) is 1. The predicted octanol–water partition coefficient (Wildman–Crippen LogP) is 2.52. The maximum atomic E-state index is 12.4. The summed E-state index contributed by atoms with van der Waals surface area (Å²) in [5.41, 5.74) is 2.37. The standard InChI is InChI=1S/C24H30N2O6S/c1-3-18-6-8-19(9-7-18)16-26(2)23(27)17-32-24(28)20-10-12-22(13-11-20)33(29,30)25-15-21-5-4-14-31-21/h6-13,21,25H,3-5,14-17H2,1-2H3. The minimum atomic E-state index is -3.70. The minimum Gasteiger partial charge on any atom is -0.452 e. The van der Waals surface area contributed by atoms with Crippen LogP contribution in [0.2, 0.25) is 0 Å². The summed E-state index contributed by atoms with van der Waals surface area (Å²) >= 11 is 0. The van der Waals surface area contributed by atoms with E-state index in [0.717, 1.165) is 24.8 Å². The van der Waals surface area contributed by atoms with E-state index < -0.39 is 22.6 Å². The predicted molar refractivity (Wildman–Crippen MR) is 123 cm³/mol. The van der Waals surface area contributed by atoms with Crippen LogP contribution in [0.1, 0.15) is 41.3 Å². The molecule has 0 aliphatic carbocycles. The van der Waals surface area contributed by atoms with E-state index in [0.29, 0.717) is 13.2 Å². The summed E-state index contributed by atoms with van der Waals surface area (Å²) in [4.78, 5) is 26.1. The van der Waals surface area contributed by atoms with E-state index in [1.807, 2.05) is 24.3 Å². The summed E-state index contributed by atoms with van der Waals surface area (Å²) < 4.78 is 37.9. The van der Waals surface area contributed by atoms with Crippen LogP contribution in [-0.4, -0.2) is 58.1 Å². The van der Waals surface area contributed by atoms with Gasteiger partial charge < -0.3 is 14.4 Å². The molecule has 1 saturated heterocycles. The van der Waals surface area contributed by atoms with E-state index in [2.05, 4.69) is 11.6 Å². The topological polar surface area (TPSA) is 102 Å². The van der Waals surface area contributed by atoms with Crippen LogP contribution >= 0.6 is 0 Å². The summed E-state index contributed by atoms with van der Waals surface area (Å²) in [6, 6.07) is 13.4. The number of sulfonamides is 1. The number of rotatable bonds is 10. The molecule has 2 aromatic carbocycles. The van der Waals surface area contributed by atoms with Crippen LogP contribution in [-0.2, 0) is 37.3 Å². The van der Waals surface area contributed by atoms with Gasteiger partial charge in [-0.25, -0.2) is 17.9 Å². The van der Waals surface area contributed by atoms with Gasteiger partial charge in [0.2, 0.25) is 10.0 Å². The van der Waals surface area contributed by atoms with Gasteiger partial charge in [-0.2, -0.15) is 0 Å². The van der Waals surface area contributed by atoms with Crippen molar-refractivity contribution in [3.8, 4) is 0 Å². The zero-order chi connectivity index (χ0) is 23.8. The first-order valence-corrected chi connectivity index (χ1v) is 12.5. The first-order chi connectivity index (χ1) is 15.8. The Kier molecular flexibility index (Phi) is 8.60. The third-order valence-electron chi connectivity index (χ3n) is 5.53. The number of amides is 1. The van der Waals surface area contributed by atoms with E-state index in [9.17, 15) is 18.0 Å². The summed E-state index contributed by atoms with van der Waals surface area (Å²) in [5.74, 6) is -1.03. The minimum absolute atomic E-state index is 0.0435. The summed E-state index contributed by atoms with van der Waals surface area (Å²) in [7, 11) is -2.06. The second-order valence-corrected chi connectivity index (χ2v) is 9.77. The number of nitrogens with one attached hydrogen (secondary N) is 1. The van der Waals surface area contributed by atoms with Gasteiger partial charge in [-0.1, -0.05) is 31.2 Å². The summed E-state index contributed by atoms with van der Waals surface area (Å²) in [6.45, 7) is 2.95. The molecule has 3 rings (SSSR count). The lowest BCUT2D eigenvalue weighted by Gasteiger charge is -2.17. The highest BCUT2D eigenvalue weighted by Crippen LogP contribution is 2.15. The van der Waals surface area contributed by atoms with Crippen LogP contribution in [0.25, 0.3) is 0 Å². The molecule has 1 aliphatic rings. The van der Waals surface area contributed by atoms with Crippen molar-refractivity contribution in [3.05, 3.63) is 65.2 Å². The van der Waals surface area contributed by atoms with E-state index in [4.69, 9.17) is 9.47 Å². The monoisotopic (exact) mass is 474 g/mol. The zero-order valence-corrected chi connectivity index (χ0v) is 19.8. The van der Waals surface area contributed by atoms with E-state index in [1.165, 1.54) is 34.7 Å². The quantitative estimate of drug-likeness (QED) is 0.531. The second kappa shape index (κ2) is 11.4. The van der Waals surface area contributed by atoms with Crippen LogP contribution in [0.5, 0.6) is 0 Å². The van der Waals surface area contributed by atoms with Gasteiger partial charge in [-0.15, -0.1) is 0 Å². The maximum absolute atomic E-state index is 12.4. The number of esters is 1. The molecule has 0 radical (unpaired) electrons. The Morgan fingerprint density at radius 3 is 2.36 bits per heavy atom. The number of benzene rings is 2. The molecule has 1 heterocycles. The third-order valence-corrected chi connectivity index (χ3v) is 6.97. The average Bonchev–Trinajstić information content (AvgIpc) is 3.35. The molecule has 8 nitrogen and oxygen atoms in total. The molecule has 1 fully saturated rings. The van der Waals surface area contributed by atoms with Crippen molar-refractivity contribution < 1.29 is 27.5 Å². The normalized spacial score (nSPS) is 15.9. The molecule has 0 spiro atoms. The van der Waals surface area contributed by atoms with E-state index in [1.54, 1.807) is 7.05 Å². The van der Waals surface area contributed by atoms with Crippen LogP contribution in [0.4, 0.5) is 0 Å². The van der Waals surface area contributed by atoms with Crippen LogP contribution in [0, 0.1) is 0 Å². The van der Waals surface area contributed by atoms with Crippen molar-refractivity contribution in [3.63, 3.8) is 0 Å². The van der Waals surface area contributed by atoms with Gasteiger partial charge in [0.05, 0.1) is 16.6 Å². The van der Waals surface area contributed by atoms with Gasteiger partial charge in [0.25, 0.3) is 5.91 Å². The number of carbonyl (C=O) groups is 2. The molecule has 2 aromatic rings. The third kappa shape index (κ3) is 7.12. The lowest BCUT2D eigenvalue weighted by atomic mass is 10.1. The molecule has 1 aliphatic heterocycles. The second-order valence-electron chi connectivity index (χ2n) is 8.01. The molecular weight excluding hydrogens is 444 g/mol. The molecule has 1 N–H and O–H groups in total. The van der Waals surface area contributed by atoms with Gasteiger partial charge in [0, 0.05) is 26.7 Å².